The largest absolute Gasteiger partial charge is 0.309 e. The number of rotatable bonds is 9. The van der Waals surface area contributed by atoms with Gasteiger partial charge in [0.2, 0.25) is 0 Å². The van der Waals surface area contributed by atoms with Crippen LogP contribution < -0.4 is 4.90 Å². The molecule has 0 fully saturated rings. The Bertz CT molecular complexity index is 3460. The summed E-state index contributed by atoms with van der Waals surface area (Å²) in [6.07, 6.45) is 0. The van der Waals surface area contributed by atoms with Gasteiger partial charge in [0.15, 0.2) is 0 Å². The van der Waals surface area contributed by atoms with Gasteiger partial charge in [-0.1, -0.05) is 237 Å². The summed E-state index contributed by atoms with van der Waals surface area (Å²) in [5.74, 6) is 0. The summed E-state index contributed by atoms with van der Waals surface area (Å²) < 4.78 is 0. The summed E-state index contributed by atoms with van der Waals surface area (Å²) in [5.41, 5.74) is 19.8. The Hall–Kier alpha value is -8.52. The number of anilines is 3. The Morgan fingerprint density at radius 3 is 1.44 bits per heavy atom. The van der Waals surface area contributed by atoms with E-state index in [1.165, 1.54) is 77.5 Å². The molecule has 1 heteroatoms. The first-order valence-corrected chi connectivity index (χ1v) is 22.8. The second-order valence-corrected chi connectivity index (χ2v) is 17.2. The lowest BCUT2D eigenvalue weighted by Gasteiger charge is -2.34. The smallest absolute Gasteiger partial charge is 0.0714 e. The minimum atomic E-state index is -0.525. The van der Waals surface area contributed by atoms with Crippen LogP contribution in [0.15, 0.2) is 273 Å². The number of nitrogens with zero attached hydrogens (tertiary/aromatic N) is 1. The third-order valence-electron chi connectivity index (χ3n) is 13.6. The molecule has 0 bridgehead atoms. The summed E-state index contributed by atoms with van der Waals surface area (Å²) in [5, 5.41) is 2.50. The fourth-order valence-electron chi connectivity index (χ4n) is 10.5. The summed E-state index contributed by atoms with van der Waals surface area (Å²) >= 11 is 0. The van der Waals surface area contributed by atoms with Gasteiger partial charge in [-0.2, -0.15) is 0 Å². The van der Waals surface area contributed by atoms with E-state index in [4.69, 9.17) is 0 Å². The molecule has 11 aromatic rings. The normalized spacial score (nSPS) is 12.4. The summed E-state index contributed by atoms with van der Waals surface area (Å²) in [6.45, 7) is 0. The third-order valence-corrected chi connectivity index (χ3v) is 13.6. The van der Waals surface area contributed by atoms with Crippen molar-refractivity contribution in [3.8, 4) is 55.6 Å². The first kappa shape index (κ1) is 39.1. The Morgan fingerprint density at radius 1 is 0.258 bits per heavy atom. The van der Waals surface area contributed by atoms with Crippen LogP contribution in [0, 0.1) is 0 Å². The fraction of sp³-hybridized carbons (Fsp3) is 0.0154. The van der Waals surface area contributed by atoms with Crippen molar-refractivity contribution in [1.82, 2.24) is 0 Å². The molecular formula is C65H45N. The number of fused-ring (bicyclic) bond motifs is 4. The van der Waals surface area contributed by atoms with Gasteiger partial charge < -0.3 is 4.90 Å². The van der Waals surface area contributed by atoms with Gasteiger partial charge in [0.25, 0.3) is 0 Å². The summed E-state index contributed by atoms with van der Waals surface area (Å²) in [4.78, 5) is 2.50. The van der Waals surface area contributed by atoms with Crippen molar-refractivity contribution in [2.24, 2.45) is 0 Å². The van der Waals surface area contributed by atoms with Crippen LogP contribution in [0.3, 0.4) is 0 Å². The molecule has 0 N–H and O–H groups in total. The average molecular weight is 840 g/mol. The Kier molecular flexibility index (Phi) is 9.81. The Balaban J connectivity index is 1.05. The molecule has 0 radical (unpaired) electrons. The van der Waals surface area contributed by atoms with Crippen molar-refractivity contribution < 1.29 is 0 Å². The lowest BCUT2D eigenvalue weighted by Crippen LogP contribution is -2.28. The lowest BCUT2D eigenvalue weighted by molar-refractivity contribution is 0.768. The van der Waals surface area contributed by atoms with E-state index in [0.29, 0.717) is 0 Å². The molecule has 0 aliphatic heterocycles. The van der Waals surface area contributed by atoms with Crippen LogP contribution in [0.4, 0.5) is 17.1 Å². The van der Waals surface area contributed by atoms with E-state index >= 15 is 0 Å². The van der Waals surface area contributed by atoms with E-state index < -0.39 is 5.41 Å². The molecule has 0 unspecified atom stereocenters. The van der Waals surface area contributed by atoms with Gasteiger partial charge >= 0.3 is 0 Å². The third kappa shape index (κ3) is 6.64. The van der Waals surface area contributed by atoms with Gasteiger partial charge in [-0.25, -0.2) is 0 Å². The fourth-order valence-corrected chi connectivity index (χ4v) is 10.5. The van der Waals surface area contributed by atoms with Crippen LogP contribution in [0.25, 0.3) is 66.4 Å². The standard InChI is InChI=1S/C65H45N/c1-4-18-46(19-5-1)48-34-37-50(38-35-48)58-28-13-15-32-62(58)66(57-42-40-49(41-43-57)52-22-16-23-53(44-52)54-39-36-47-20-10-11-21-51(47)45-54)63-33-17-31-61-64(63)59-29-12-14-30-60(59)65(61,55-24-6-2-7-25-55)56-26-8-3-9-27-56/h1-45H. The number of hydrogen-bond acceptors (Lipinski definition) is 1. The SMILES string of the molecule is c1ccc(-c2ccc(-c3ccccc3N(c3ccc(-c4cccc(-c5ccc6ccccc6c5)c4)cc3)c3cccc4c3-c3ccccc3C4(c3ccccc3)c3ccccc3)cc2)cc1. The number of benzene rings is 11. The zero-order valence-corrected chi connectivity index (χ0v) is 36.4. The summed E-state index contributed by atoms with van der Waals surface area (Å²) in [6, 6.07) is 100. The van der Waals surface area contributed by atoms with Crippen LogP contribution in [0.1, 0.15) is 22.3 Å². The van der Waals surface area contributed by atoms with Gasteiger partial charge in [0, 0.05) is 16.8 Å². The Labute approximate surface area is 387 Å². The Morgan fingerprint density at radius 2 is 0.712 bits per heavy atom. The molecule has 66 heavy (non-hydrogen) atoms. The van der Waals surface area contributed by atoms with E-state index in [2.05, 4.69) is 278 Å². The van der Waals surface area contributed by atoms with Crippen LogP contribution in [0.5, 0.6) is 0 Å². The van der Waals surface area contributed by atoms with Crippen LogP contribution in [-0.4, -0.2) is 0 Å². The van der Waals surface area contributed by atoms with E-state index in [-0.39, 0.29) is 0 Å². The molecule has 0 spiro atoms. The van der Waals surface area contributed by atoms with E-state index in [0.717, 1.165) is 28.2 Å². The molecule has 1 aliphatic carbocycles. The van der Waals surface area contributed by atoms with E-state index in [9.17, 15) is 0 Å². The average Bonchev–Trinajstić information content (AvgIpc) is 3.71. The van der Waals surface area contributed by atoms with Crippen LogP contribution in [0.2, 0.25) is 0 Å². The molecule has 0 amide bonds. The van der Waals surface area contributed by atoms with Crippen LogP contribution in [-0.2, 0) is 5.41 Å². The first-order valence-electron chi connectivity index (χ1n) is 22.8. The van der Waals surface area contributed by atoms with Crippen molar-refractivity contribution in [1.29, 1.82) is 0 Å². The van der Waals surface area contributed by atoms with Gasteiger partial charge in [-0.05, 0) is 114 Å². The van der Waals surface area contributed by atoms with Crippen molar-refractivity contribution >= 4 is 27.8 Å². The topological polar surface area (TPSA) is 3.24 Å². The first-order chi connectivity index (χ1) is 32.7. The molecule has 11 aromatic carbocycles. The van der Waals surface area contributed by atoms with Gasteiger partial charge in [0.05, 0.1) is 16.8 Å². The highest BCUT2D eigenvalue weighted by Crippen LogP contribution is 2.60. The maximum Gasteiger partial charge on any atom is 0.0714 e. The second kappa shape index (κ2) is 16.6. The molecule has 310 valence electrons. The monoisotopic (exact) mass is 839 g/mol. The maximum atomic E-state index is 2.50. The van der Waals surface area contributed by atoms with Crippen molar-refractivity contribution in [3.05, 3.63) is 295 Å². The predicted octanol–water partition coefficient (Wildman–Crippen LogP) is 17.3. The zero-order chi connectivity index (χ0) is 43.9. The van der Waals surface area contributed by atoms with Gasteiger partial charge in [-0.3, -0.25) is 0 Å². The highest BCUT2D eigenvalue weighted by molar-refractivity contribution is 6.00. The van der Waals surface area contributed by atoms with Crippen molar-refractivity contribution in [2.75, 3.05) is 4.90 Å². The van der Waals surface area contributed by atoms with Gasteiger partial charge in [0.1, 0.15) is 0 Å². The molecule has 1 nitrogen and oxygen atoms in total. The highest BCUT2D eigenvalue weighted by atomic mass is 15.1. The second-order valence-electron chi connectivity index (χ2n) is 17.2. The van der Waals surface area contributed by atoms with E-state index in [1.54, 1.807) is 0 Å². The zero-order valence-electron chi connectivity index (χ0n) is 36.4. The van der Waals surface area contributed by atoms with Crippen molar-refractivity contribution in [2.45, 2.75) is 5.41 Å². The molecular weight excluding hydrogens is 795 g/mol. The molecule has 1 aliphatic rings. The van der Waals surface area contributed by atoms with Crippen LogP contribution >= 0.6 is 0 Å². The van der Waals surface area contributed by atoms with Gasteiger partial charge in [-0.15, -0.1) is 0 Å². The quantitative estimate of drug-likeness (QED) is 0.140. The minimum absolute atomic E-state index is 0.525. The maximum absolute atomic E-state index is 2.50. The number of para-hydroxylation sites is 1. The lowest BCUT2D eigenvalue weighted by atomic mass is 9.68. The molecule has 0 saturated heterocycles. The number of hydrogen-bond donors (Lipinski definition) is 0. The van der Waals surface area contributed by atoms with E-state index in [1.807, 2.05) is 0 Å². The predicted molar refractivity (Wildman–Crippen MR) is 278 cm³/mol. The summed E-state index contributed by atoms with van der Waals surface area (Å²) in [7, 11) is 0. The molecule has 0 heterocycles. The molecule has 12 rings (SSSR count). The molecule has 0 saturated carbocycles. The molecule has 0 atom stereocenters. The van der Waals surface area contributed by atoms with Crippen molar-refractivity contribution in [3.63, 3.8) is 0 Å². The minimum Gasteiger partial charge on any atom is -0.309 e. The highest BCUT2D eigenvalue weighted by Gasteiger charge is 2.47. The molecule has 0 aromatic heterocycles.